The molecule has 0 spiro atoms. The topological polar surface area (TPSA) is 67.9 Å². The molecule has 0 radical (unpaired) electrons. The van der Waals surface area contributed by atoms with E-state index in [4.69, 9.17) is 9.47 Å². The van der Waals surface area contributed by atoms with Gasteiger partial charge in [0.15, 0.2) is 11.5 Å². The number of carbonyl (C=O) groups is 2. The largest absolute Gasteiger partial charge is 0.493 e. The molecule has 1 aliphatic heterocycles. The molecule has 0 bridgehead atoms. The normalized spacial score (nSPS) is 23.3. The van der Waals surface area contributed by atoms with Gasteiger partial charge in [0, 0.05) is 19.0 Å². The number of carbonyl (C=O) groups excluding carboxylic acids is 2. The Morgan fingerprint density at radius 1 is 1.23 bits per heavy atom. The van der Waals surface area contributed by atoms with Crippen LogP contribution in [0.3, 0.4) is 0 Å². The summed E-state index contributed by atoms with van der Waals surface area (Å²) in [5, 5.41) is 3.16. The van der Waals surface area contributed by atoms with Crippen molar-refractivity contribution in [1.82, 2.24) is 10.2 Å². The van der Waals surface area contributed by atoms with E-state index in [0.717, 1.165) is 31.2 Å². The Hall–Kier alpha value is -2.24. The van der Waals surface area contributed by atoms with Crippen LogP contribution in [0.4, 0.5) is 0 Å². The van der Waals surface area contributed by atoms with Crippen molar-refractivity contribution in [3.63, 3.8) is 0 Å². The molecule has 3 rings (SSSR count). The standard InChI is InChI=1S/C20H28N2O4/c1-20(19(24)21-15-6-4-5-7-15)11-10-18(23)22(20)13-14-8-9-16(25-2)17(12-14)26-3/h8-9,12,15H,4-7,10-11,13H2,1-3H3,(H,21,24)/t20-/m1/s1. The summed E-state index contributed by atoms with van der Waals surface area (Å²) in [6.07, 6.45) is 5.35. The molecule has 1 saturated heterocycles. The van der Waals surface area contributed by atoms with Crippen LogP contribution in [0.25, 0.3) is 0 Å². The molecule has 0 aromatic heterocycles. The summed E-state index contributed by atoms with van der Waals surface area (Å²) in [5.74, 6) is 1.25. The lowest BCUT2D eigenvalue weighted by molar-refractivity contribution is -0.141. The van der Waals surface area contributed by atoms with Crippen molar-refractivity contribution in [2.75, 3.05) is 14.2 Å². The molecule has 2 fully saturated rings. The first-order valence-corrected chi connectivity index (χ1v) is 9.30. The maximum Gasteiger partial charge on any atom is 0.245 e. The Balaban J connectivity index is 1.77. The van der Waals surface area contributed by atoms with E-state index >= 15 is 0 Å². The van der Waals surface area contributed by atoms with Gasteiger partial charge in [-0.2, -0.15) is 0 Å². The molecular weight excluding hydrogens is 332 g/mol. The average Bonchev–Trinajstić information content (AvgIpc) is 3.25. The third-order valence-corrected chi connectivity index (χ3v) is 5.69. The number of rotatable bonds is 6. The monoisotopic (exact) mass is 360 g/mol. The van der Waals surface area contributed by atoms with Crippen molar-refractivity contribution in [2.45, 2.75) is 63.6 Å². The number of nitrogens with zero attached hydrogens (tertiary/aromatic N) is 1. The van der Waals surface area contributed by atoms with Gasteiger partial charge in [-0.15, -0.1) is 0 Å². The molecule has 26 heavy (non-hydrogen) atoms. The zero-order valence-electron chi connectivity index (χ0n) is 15.8. The first kappa shape index (κ1) is 18.5. The van der Waals surface area contributed by atoms with E-state index in [1.165, 1.54) is 0 Å². The van der Waals surface area contributed by atoms with Gasteiger partial charge >= 0.3 is 0 Å². The number of ether oxygens (including phenoxy) is 2. The predicted molar refractivity (Wildman–Crippen MR) is 98.1 cm³/mol. The number of amides is 2. The summed E-state index contributed by atoms with van der Waals surface area (Å²) in [6, 6.07) is 5.84. The summed E-state index contributed by atoms with van der Waals surface area (Å²) in [5.41, 5.74) is 0.116. The Bertz CT molecular complexity index is 684. The minimum Gasteiger partial charge on any atom is -0.493 e. The number of methoxy groups -OCH3 is 2. The summed E-state index contributed by atoms with van der Waals surface area (Å²) in [4.78, 5) is 27.2. The van der Waals surface area contributed by atoms with Crippen LogP contribution in [-0.2, 0) is 16.1 Å². The smallest absolute Gasteiger partial charge is 0.245 e. The van der Waals surface area contributed by atoms with E-state index in [9.17, 15) is 9.59 Å². The van der Waals surface area contributed by atoms with Crippen LogP contribution in [0.15, 0.2) is 18.2 Å². The molecule has 1 aromatic rings. The molecule has 1 N–H and O–H groups in total. The summed E-state index contributed by atoms with van der Waals surface area (Å²) >= 11 is 0. The Labute approximate surface area is 154 Å². The highest BCUT2D eigenvalue weighted by molar-refractivity contribution is 5.94. The molecule has 1 aliphatic carbocycles. The quantitative estimate of drug-likeness (QED) is 0.847. The molecule has 1 atom stereocenters. The lowest BCUT2D eigenvalue weighted by Gasteiger charge is -2.35. The molecule has 6 nitrogen and oxygen atoms in total. The van der Waals surface area contributed by atoms with Gasteiger partial charge in [0.2, 0.25) is 11.8 Å². The van der Waals surface area contributed by atoms with Gasteiger partial charge in [-0.25, -0.2) is 0 Å². The van der Waals surface area contributed by atoms with Crippen LogP contribution in [-0.4, -0.2) is 42.5 Å². The van der Waals surface area contributed by atoms with Crippen LogP contribution < -0.4 is 14.8 Å². The Morgan fingerprint density at radius 3 is 2.58 bits per heavy atom. The molecule has 1 aromatic carbocycles. The molecule has 2 amide bonds. The second-order valence-electron chi connectivity index (χ2n) is 7.40. The molecule has 2 aliphatic rings. The van der Waals surface area contributed by atoms with Gasteiger partial charge in [-0.05, 0) is 43.9 Å². The SMILES string of the molecule is COc1ccc(CN2C(=O)CC[C@]2(C)C(=O)NC2CCCC2)cc1OC. The number of nitrogens with one attached hydrogen (secondary N) is 1. The number of likely N-dealkylation sites (tertiary alicyclic amines) is 1. The van der Waals surface area contributed by atoms with E-state index in [1.807, 2.05) is 25.1 Å². The lowest BCUT2D eigenvalue weighted by Crippen LogP contribution is -2.55. The second-order valence-corrected chi connectivity index (χ2v) is 7.40. The fraction of sp³-hybridized carbons (Fsp3) is 0.600. The van der Waals surface area contributed by atoms with Crippen LogP contribution in [0.1, 0.15) is 51.0 Å². The third-order valence-electron chi connectivity index (χ3n) is 5.69. The highest BCUT2D eigenvalue weighted by atomic mass is 16.5. The predicted octanol–water partition coefficient (Wildman–Crippen LogP) is 2.64. The van der Waals surface area contributed by atoms with E-state index < -0.39 is 5.54 Å². The van der Waals surface area contributed by atoms with Crippen LogP contribution in [0.5, 0.6) is 11.5 Å². The van der Waals surface area contributed by atoms with E-state index in [0.29, 0.717) is 30.9 Å². The van der Waals surface area contributed by atoms with Crippen LogP contribution in [0, 0.1) is 0 Å². The van der Waals surface area contributed by atoms with E-state index in [2.05, 4.69) is 5.32 Å². The summed E-state index contributed by atoms with van der Waals surface area (Å²) < 4.78 is 10.6. The fourth-order valence-corrected chi connectivity index (χ4v) is 3.97. The highest BCUT2D eigenvalue weighted by Crippen LogP contribution is 2.34. The minimum absolute atomic E-state index is 0.0175. The Kier molecular flexibility index (Phi) is 5.39. The third kappa shape index (κ3) is 3.50. The second kappa shape index (κ2) is 7.56. The van der Waals surface area contributed by atoms with Gasteiger partial charge in [0.25, 0.3) is 0 Å². The van der Waals surface area contributed by atoms with Gasteiger partial charge in [0.05, 0.1) is 14.2 Å². The van der Waals surface area contributed by atoms with Gasteiger partial charge in [-0.3, -0.25) is 9.59 Å². The van der Waals surface area contributed by atoms with E-state index in [1.54, 1.807) is 19.1 Å². The van der Waals surface area contributed by atoms with Crippen molar-refractivity contribution < 1.29 is 19.1 Å². The lowest BCUT2D eigenvalue weighted by atomic mass is 9.96. The number of benzene rings is 1. The minimum atomic E-state index is -0.799. The first-order valence-electron chi connectivity index (χ1n) is 9.30. The van der Waals surface area contributed by atoms with E-state index in [-0.39, 0.29) is 17.9 Å². The maximum atomic E-state index is 12.9. The molecule has 1 saturated carbocycles. The average molecular weight is 360 g/mol. The van der Waals surface area contributed by atoms with Crippen LogP contribution >= 0.6 is 0 Å². The van der Waals surface area contributed by atoms with Crippen molar-refractivity contribution >= 4 is 11.8 Å². The van der Waals surface area contributed by atoms with Crippen molar-refractivity contribution in [2.24, 2.45) is 0 Å². The molecule has 6 heteroatoms. The van der Waals surface area contributed by atoms with Crippen molar-refractivity contribution in [1.29, 1.82) is 0 Å². The van der Waals surface area contributed by atoms with Gasteiger partial charge in [0.1, 0.15) is 5.54 Å². The van der Waals surface area contributed by atoms with Gasteiger partial charge < -0.3 is 19.7 Å². The molecule has 0 unspecified atom stereocenters. The van der Waals surface area contributed by atoms with Crippen molar-refractivity contribution in [3.8, 4) is 11.5 Å². The zero-order valence-corrected chi connectivity index (χ0v) is 15.8. The number of hydrogen-bond acceptors (Lipinski definition) is 4. The number of hydrogen-bond donors (Lipinski definition) is 1. The highest BCUT2D eigenvalue weighted by Gasteiger charge is 2.47. The molecule has 1 heterocycles. The fourth-order valence-electron chi connectivity index (χ4n) is 3.97. The van der Waals surface area contributed by atoms with Crippen molar-refractivity contribution in [3.05, 3.63) is 23.8 Å². The summed E-state index contributed by atoms with van der Waals surface area (Å²) in [7, 11) is 3.17. The Morgan fingerprint density at radius 2 is 1.92 bits per heavy atom. The first-order chi connectivity index (χ1) is 12.5. The van der Waals surface area contributed by atoms with Gasteiger partial charge in [-0.1, -0.05) is 18.9 Å². The maximum absolute atomic E-state index is 12.9. The zero-order chi connectivity index (χ0) is 18.7. The summed E-state index contributed by atoms with van der Waals surface area (Å²) in [6.45, 7) is 2.26. The van der Waals surface area contributed by atoms with Crippen LogP contribution in [0.2, 0.25) is 0 Å². The molecule has 142 valence electrons. The molecular formula is C20H28N2O4.